The maximum atomic E-state index is 10.9. The van der Waals surface area contributed by atoms with Gasteiger partial charge in [0.15, 0.2) is 0 Å². The monoisotopic (exact) mass is 226 g/mol. The zero-order valence-corrected chi connectivity index (χ0v) is 9.59. The molecule has 0 radical (unpaired) electrons. The Hall–Kier alpha value is -0.870. The van der Waals surface area contributed by atoms with Gasteiger partial charge in [0.25, 0.3) is 0 Å². The Bertz CT molecular complexity index is 493. The summed E-state index contributed by atoms with van der Waals surface area (Å²) in [5.41, 5.74) is 0.919. The number of aryl methyl sites for hydroxylation is 2. The van der Waals surface area contributed by atoms with Crippen molar-refractivity contribution in [2.24, 2.45) is 0 Å². The third-order valence-corrected chi connectivity index (χ3v) is 4.94. The van der Waals surface area contributed by atoms with Crippen LogP contribution in [-0.2, 0) is 6.42 Å². The third-order valence-electron chi connectivity index (χ3n) is 2.18. The molecule has 0 aromatic carbocycles. The van der Waals surface area contributed by atoms with Gasteiger partial charge in [-0.2, -0.15) is 0 Å². The van der Waals surface area contributed by atoms with Crippen LogP contribution in [0.25, 0.3) is 9.40 Å². The molecule has 0 aliphatic carbocycles. The lowest BCUT2D eigenvalue weighted by molar-refractivity contribution is 0.0701. The number of carbonyl (C=O) groups is 1. The first-order chi connectivity index (χ1) is 6.63. The van der Waals surface area contributed by atoms with E-state index in [1.54, 1.807) is 11.3 Å². The van der Waals surface area contributed by atoms with Crippen molar-refractivity contribution in [2.45, 2.75) is 20.3 Å². The van der Waals surface area contributed by atoms with E-state index < -0.39 is 5.97 Å². The fraction of sp³-hybridized carbons (Fsp3) is 0.300. The third kappa shape index (κ3) is 1.35. The molecule has 0 saturated heterocycles. The van der Waals surface area contributed by atoms with Crippen molar-refractivity contribution in [1.82, 2.24) is 0 Å². The highest BCUT2D eigenvalue weighted by molar-refractivity contribution is 7.29. The van der Waals surface area contributed by atoms with Crippen LogP contribution in [0.4, 0.5) is 0 Å². The van der Waals surface area contributed by atoms with Crippen molar-refractivity contribution < 1.29 is 9.90 Å². The van der Waals surface area contributed by atoms with Gasteiger partial charge in [0.2, 0.25) is 0 Å². The summed E-state index contributed by atoms with van der Waals surface area (Å²) in [5.74, 6) is -0.811. The first-order valence-corrected chi connectivity index (χ1v) is 6.02. The van der Waals surface area contributed by atoms with E-state index in [1.807, 2.05) is 6.92 Å². The predicted octanol–water partition coefficient (Wildman–Crippen LogP) is 3.53. The molecule has 2 aromatic rings. The van der Waals surface area contributed by atoms with E-state index in [2.05, 4.69) is 13.0 Å². The van der Waals surface area contributed by atoms with Crippen molar-refractivity contribution in [2.75, 3.05) is 0 Å². The van der Waals surface area contributed by atoms with Gasteiger partial charge in [-0.3, -0.25) is 0 Å². The number of fused-ring (bicyclic) bond motifs is 1. The minimum atomic E-state index is -0.811. The lowest BCUT2D eigenvalue weighted by Crippen LogP contribution is -1.93. The Kier molecular flexibility index (Phi) is 2.33. The summed E-state index contributed by atoms with van der Waals surface area (Å²) in [7, 11) is 0. The number of carboxylic acid groups (broad SMARTS) is 1. The maximum Gasteiger partial charge on any atom is 0.346 e. The number of thiophene rings is 2. The molecule has 0 spiro atoms. The molecule has 0 unspecified atom stereocenters. The summed E-state index contributed by atoms with van der Waals surface area (Å²) in [6, 6.07) is 2.10. The lowest BCUT2D eigenvalue weighted by Gasteiger charge is -1.90. The first-order valence-electron chi connectivity index (χ1n) is 4.38. The molecular weight excluding hydrogens is 216 g/mol. The topological polar surface area (TPSA) is 37.3 Å². The Morgan fingerprint density at radius 3 is 2.71 bits per heavy atom. The second-order valence-corrected chi connectivity index (χ2v) is 5.31. The molecule has 14 heavy (non-hydrogen) atoms. The summed E-state index contributed by atoms with van der Waals surface area (Å²) in [5, 5.41) is 8.93. The van der Waals surface area contributed by atoms with Crippen molar-refractivity contribution in [3.8, 4) is 0 Å². The van der Waals surface area contributed by atoms with Gasteiger partial charge in [-0.15, -0.1) is 22.7 Å². The highest BCUT2D eigenvalue weighted by Crippen LogP contribution is 2.37. The smallest absolute Gasteiger partial charge is 0.346 e. The molecular formula is C10H10O2S2. The molecule has 2 aromatic heterocycles. The van der Waals surface area contributed by atoms with Gasteiger partial charge in [-0.25, -0.2) is 4.79 Å². The SMILES string of the molecule is CCc1cc2sc(C(=O)O)c(C)c2s1. The number of carboxylic acids is 1. The molecule has 0 aliphatic heterocycles. The fourth-order valence-corrected chi connectivity index (χ4v) is 3.82. The average Bonchev–Trinajstić information content (AvgIpc) is 2.65. The van der Waals surface area contributed by atoms with Gasteiger partial charge in [0.05, 0.1) is 0 Å². The van der Waals surface area contributed by atoms with Gasteiger partial charge in [0, 0.05) is 14.3 Å². The zero-order valence-electron chi connectivity index (χ0n) is 7.96. The van der Waals surface area contributed by atoms with Crippen LogP contribution in [0.5, 0.6) is 0 Å². The van der Waals surface area contributed by atoms with Crippen molar-refractivity contribution >= 4 is 38.0 Å². The van der Waals surface area contributed by atoms with E-state index in [1.165, 1.54) is 16.2 Å². The van der Waals surface area contributed by atoms with Crippen molar-refractivity contribution in [3.63, 3.8) is 0 Å². The molecule has 1 N–H and O–H groups in total. The summed E-state index contributed by atoms with van der Waals surface area (Å²) < 4.78 is 2.26. The molecule has 74 valence electrons. The Morgan fingerprint density at radius 1 is 1.50 bits per heavy atom. The molecule has 0 fully saturated rings. The van der Waals surface area contributed by atoms with Crippen LogP contribution in [-0.4, -0.2) is 11.1 Å². The first kappa shape index (κ1) is 9.68. The molecule has 0 atom stereocenters. The van der Waals surface area contributed by atoms with E-state index >= 15 is 0 Å². The second-order valence-electron chi connectivity index (χ2n) is 3.12. The maximum absolute atomic E-state index is 10.9. The molecule has 0 amide bonds. The number of rotatable bonds is 2. The van der Waals surface area contributed by atoms with Gasteiger partial charge in [0.1, 0.15) is 4.88 Å². The number of hydrogen-bond donors (Lipinski definition) is 1. The summed E-state index contributed by atoms with van der Waals surface area (Å²) in [6.45, 7) is 4.00. The largest absolute Gasteiger partial charge is 0.477 e. The van der Waals surface area contributed by atoms with E-state index in [0.29, 0.717) is 4.88 Å². The molecule has 0 bridgehead atoms. The highest BCUT2D eigenvalue weighted by atomic mass is 32.1. The molecule has 2 heterocycles. The number of aromatic carboxylic acids is 1. The summed E-state index contributed by atoms with van der Waals surface area (Å²) in [6.07, 6.45) is 1.02. The molecule has 0 aliphatic rings. The Labute approximate surface area is 89.8 Å². The highest BCUT2D eigenvalue weighted by Gasteiger charge is 2.16. The lowest BCUT2D eigenvalue weighted by atomic mass is 10.3. The van der Waals surface area contributed by atoms with Gasteiger partial charge >= 0.3 is 5.97 Å². The average molecular weight is 226 g/mol. The normalized spacial score (nSPS) is 11.0. The minimum absolute atomic E-state index is 0.480. The van der Waals surface area contributed by atoms with Crippen LogP contribution < -0.4 is 0 Å². The Balaban J connectivity index is 2.66. The molecule has 2 nitrogen and oxygen atoms in total. The van der Waals surface area contributed by atoms with Crippen molar-refractivity contribution in [3.05, 3.63) is 21.4 Å². The van der Waals surface area contributed by atoms with Crippen LogP contribution >= 0.6 is 22.7 Å². The van der Waals surface area contributed by atoms with Crippen LogP contribution in [0.1, 0.15) is 27.0 Å². The van der Waals surface area contributed by atoms with Gasteiger partial charge in [-0.1, -0.05) is 6.92 Å². The van der Waals surface area contributed by atoms with E-state index in [0.717, 1.165) is 21.4 Å². The fourth-order valence-electron chi connectivity index (χ4n) is 1.43. The quantitative estimate of drug-likeness (QED) is 0.850. The van der Waals surface area contributed by atoms with E-state index in [-0.39, 0.29) is 0 Å². The second kappa shape index (κ2) is 3.37. The van der Waals surface area contributed by atoms with Crippen LogP contribution in [0.2, 0.25) is 0 Å². The summed E-state index contributed by atoms with van der Waals surface area (Å²) in [4.78, 5) is 12.7. The van der Waals surface area contributed by atoms with Crippen LogP contribution in [0.3, 0.4) is 0 Å². The molecule has 2 rings (SSSR count). The van der Waals surface area contributed by atoms with E-state index in [9.17, 15) is 4.79 Å². The van der Waals surface area contributed by atoms with Crippen LogP contribution in [0.15, 0.2) is 6.07 Å². The Morgan fingerprint density at radius 2 is 2.21 bits per heavy atom. The predicted molar refractivity (Wildman–Crippen MR) is 60.8 cm³/mol. The summed E-state index contributed by atoms with van der Waals surface area (Å²) >= 11 is 3.09. The van der Waals surface area contributed by atoms with E-state index in [4.69, 9.17) is 5.11 Å². The molecule has 4 heteroatoms. The van der Waals surface area contributed by atoms with Crippen molar-refractivity contribution in [1.29, 1.82) is 0 Å². The minimum Gasteiger partial charge on any atom is -0.477 e. The zero-order chi connectivity index (χ0) is 10.3. The van der Waals surface area contributed by atoms with Gasteiger partial charge < -0.3 is 5.11 Å². The molecule has 0 saturated carbocycles. The van der Waals surface area contributed by atoms with Crippen LogP contribution in [0, 0.1) is 6.92 Å². The van der Waals surface area contributed by atoms with Gasteiger partial charge in [-0.05, 0) is 25.0 Å². The standard InChI is InChI=1S/C10H10O2S2/c1-3-6-4-7-8(13-6)5(2)9(14-7)10(11)12/h4H,3H2,1-2H3,(H,11,12). The number of hydrogen-bond acceptors (Lipinski definition) is 3.